The number of carbonyl (C=O) groups is 1. The van der Waals surface area contributed by atoms with E-state index in [1.165, 1.54) is 0 Å². The molecule has 0 spiro atoms. The van der Waals surface area contributed by atoms with Gasteiger partial charge in [0.2, 0.25) is 5.91 Å². The van der Waals surface area contributed by atoms with Crippen molar-refractivity contribution >= 4 is 34.2 Å². The molecule has 1 amide bonds. The maximum absolute atomic E-state index is 11.7. The SMILES string of the molecule is O=C(COC1CCNCC1)Nc1cccc(I)c1. The van der Waals surface area contributed by atoms with Crippen molar-refractivity contribution in [2.24, 2.45) is 0 Å². The van der Waals surface area contributed by atoms with E-state index in [1.807, 2.05) is 24.3 Å². The first-order valence-corrected chi connectivity index (χ1v) is 7.19. The Bertz CT molecular complexity index is 406. The molecule has 0 saturated carbocycles. The van der Waals surface area contributed by atoms with Crippen molar-refractivity contribution in [1.82, 2.24) is 5.32 Å². The molecule has 18 heavy (non-hydrogen) atoms. The first-order valence-electron chi connectivity index (χ1n) is 6.12. The normalized spacial score (nSPS) is 16.5. The highest BCUT2D eigenvalue weighted by Crippen LogP contribution is 2.12. The highest BCUT2D eigenvalue weighted by molar-refractivity contribution is 14.1. The van der Waals surface area contributed by atoms with E-state index in [4.69, 9.17) is 4.74 Å². The van der Waals surface area contributed by atoms with Crippen LogP contribution in [0, 0.1) is 3.57 Å². The van der Waals surface area contributed by atoms with Gasteiger partial charge in [-0.2, -0.15) is 0 Å². The van der Waals surface area contributed by atoms with Gasteiger partial charge in [0.25, 0.3) is 0 Å². The van der Waals surface area contributed by atoms with Crippen molar-refractivity contribution in [3.8, 4) is 0 Å². The number of anilines is 1. The molecule has 0 radical (unpaired) electrons. The van der Waals surface area contributed by atoms with Gasteiger partial charge in [-0.15, -0.1) is 0 Å². The molecule has 4 nitrogen and oxygen atoms in total. The second-order valence-corrected chi connectivity index (χ2v) is 5.56. The van der Waals surface area contributed by atoms with E-state index in [-0.39, 0.29) is 18.6 Å². The molecule has 1 aliphatic rings. The molecule has 2 rings (SSSR count). The number of rotatable bonds is 4. The Labute approximate surface area is 121 Å². The van der Waals surface area contributed by atoms with Gasteiger partial charge in [0, 0.05) is 9.26 Å². The predicted molar refractivity (Wildman–Crippen MR) is 79.6 cm³/mol. The van der Waals surface area contributed by atoms with Gasteiger partial charge in [0.1, 0.15) is 6.61 Å². The third-order valence-corrected chi connectivity index (χ3v) is 3.52. The largest absolute Gasteiger partial charge is 0.368 e. The zero-order valence-corrected chi connectivity index (χ0v) is 12.3. The lowest BCUT2D eigenvalue weighted by atomic mass is 10.1. The summed E-state index contributed by atoms with van der Waals surface area (Å²) in [5.74, 6) is -0.0875. The molecule has 1 aromatic rings. The van der Waals surface area contributed by atoms with E-state index in [2.05, 4.69) is 33.2 Å². The minimum Gasteiger partial charge on any atom is -0.368 e. The number of hydrogen-bond donors (Lipinski definition) is 2. The van der Waals surface area contributed by atoms with E-state index in [1.54, 1.807) is 0 Å². The average Bonchev–Trinajstić information content (AvgIpc) is 2.38. The minimum absolute atomic E-state index is 0.0875. The summed E-state index contributed by atoms with van der Waals surface area (Å²) in [7, 11) is 0. The topological polar surface area (TPSA) is 50.4 Å². The van der Waals surface area contributed by atoms with Gasteiger partial charge in [0.05, 0.1) is 6.10 Å². The predicted octanol–water partition coefficient (Wildman–Crippen LogP) is 2.00. The van der Waals surface area contributed by atoms with Crippen molar-refractivity contribution in [2.45, 2.75) is 18.9 Å². The van der Waals surface area contributed by atoms with Gasteiger partial charge in [-0.25, -0.2) is 0 Å². The Kier molecular flexibility index (Phi) is 5.40. The third-order valence-electron chi connectivity index (χ3n) is 2.84. The monoisotopic (exact) mass is 360 g/mol. The summed E-state index contributed by atoms with van der Waals surface area (Å²) in [6.07, 6.45) is 2.18. The number of halogens is 1. The number of benzene rings is 1. The summed E-state index contributed by atoms with van der Waals surface area (Å²) in [6, 6.07) is 7.72. The molecule has 0 atom stereocenters. The van der Waals surface area contributed by atoms with Crippen LogP contribution in [-0.2, 0) is 9.53 Å². The van der Waals surface area contributed by atoms with Gasteiger partial charge in [-0.3, -0.25) is 4.79 Å². The van der Waals surface area contributed by atoms with Crippen LogP contribution in [0.2, 0.25) is 0 Å². The van der Waals surface area contributed by atoms with Gasteiger partial charge in [-0.05, 0) is 66.7 Å². The van der Waals surface area contributed by atoms with Crippen molar-refractivity contribution < 1.29 is 9.53 Å². The van der Waals surface area contributed by atoms with Crippen LogP contribution in [0.15, 0.2) is 24.3 Å². The first-order chi connectivity index (χ1) is 8.74. The fourth-order valence-corrected chi connectivity index (χ4v) is 2.46. The van der Waals surface area contributed by atoms with E-state index >= 15 is 0 Å². The summed E-state index contributed by atoms with van der Waals surface area (Å²) in [6.45, 7) is 2.09. The molecular formula is C13H17IN2O2. The quantitative estimate of drug-likeness (QED) is 0.808. The number of nitrogens with one attached hydrogen (secondary N) is 2. The Hall–Kier alpha value is -0.660. The van der Waals surface area contributed by atoms with Crippen molar-refractivity contribution in [1.29, 1.82) is 0 Å². The fraction of sp³-hybridized carbons (Fsp3) is 0.462. The lowest BCUT2D eigenvalue weighted by Crippen LogP contribution is -2.34. The summed E-state index contributed by atoms with van der Waals surface area (Å²) >= 11 is 2.22. The molecule has 5 heteroatoms. The summed E-state index contributed by atoms with van der Waals surface area (Å²) in [5, 5.41) is 6.10. The molecule has 0 unspecified atom stereocenters. The van der Waals surface area contributed by atoms with Crippen LogP contribution in [0.4, 0.5) is 5.69 Å². The first kappa shape index (κ1) is 13.8. The van der Waals surface area contributed by atoms with Crippen LogP contribution < -0.4 is 10.6 Å². The zero-order chi connectivity index (χ0) is 12.8. The Morgan fingerprint density at radius 1 is 1.44 bits per heavy atom. The second-order valence-electron chi connectivity index (χ2n) is 4.32. The van der Waals surface area contributed by atoms with Crippen LogP contribution in [0.1, 0.15) is 12.8 Å². The standard InChI is InChI=1S/C13H17IN2O2/c14-10-2-1-3-11(8-10)16-13(17)9-18-12-4-6-15-7-5-12/h1-3,8,12,15H,4-7,9H2,(H,16,17). The van der Waals surface area contributed by atoms with Crippen LogP contribution >= 0.6 is 22.6 Å². The summed E-state index contributed by atoms with van der Waals surface area (Å²) in [4.78, 5) is 11.7. The van der Waals surface area contributed by atoms with Crippen molar-refractivity contribution in [2.75, 3.05) is 25.0 Å². The molecule has 98 valence electrons. The third kappa shape index (κ3) is 4.55. The smallest absolute Gasteiger partial charge is 0.250 e. The van der Waals surface area contributed by atoms with Crippen LogP contribution in [0.5, 0.6) is 0 Å². The molecule has 0 aliphatic carbocycles. The molecule has 1 fully saturated rings. The summed E-state index contributed by atoms with van der Waals surface area (Å²) in [5.41, 5.74) is 0.820. The number of ether oxygens (including phenoxy) is 1. The Morgan fingerprint density at radius 2 is 2.22 bits per heavy atom. The fourth-order valence-electron chi connectivity index (χ4n) is 1.92. The number of amides is 1. The molecule has 1 saturated heterocycles. The maximum atomic E-state index is 11.7. The number of carbonyl (C=O) groups excluding carboxylic acids is 1. The Balaban J connectivity index is 1.74. The lowest BCUT2D eigenvalue weighted by molar-refractivity contribution is -0.123. The van der Waals surface area contributed by atoms with Crippen LogP contribution in [0.25, 0.3) is 0 Å². The van der Waals surface area contributed by atoms with E-state index in [9.17, 15) is 4.79 Å². The second kappa shape index (κ2) is 7.06. The van der Waals surface area contributed by atoms with E-state index in [0.717, 1.165) is 35.2 Å². The highest BCUT2D eigenvalue weighted by Gasteiger charge is 2.14. The average molecular weight is 360 g/mol. The van der Waals surface area contributed by atoms with Gasteiger partial charge >= 0.3 is 0 Å². The van der Waals surface area contributed by atoms with Crippen molar-refractivity contribution in [3.63, 3.8) is 0 Å². The minimum atomic E-state index is -0.0875. The van der Waals surface area contributed by atoms with Crippen LogP contribution in [-0.4, -0.2) is 31.7 Å². The molecule has 0 aromatic heterocycles. The summed E-state index contributed by atoms with van der Waals surface area (Å²) < 4.78 is 6.69. The van der Waals surface area contributed by atoms with Gasteiger partial charge in [-0.1, -0.05) is 6.07 Å². The molecule has 1 heterocycles. The number of piperidine rings is 1. The maximum Gasteiger partial charge on any atom is 0.250 e. The molecule has 1 aliphatic heterocycles. The molecule has 0 bridgehead atoms. The lowest BCUT2D eigenvalue weighted by Gasteiger charge is -2.22. The van der Waals surface area contributed by atoms with Crippen LogP contribution in [0.3, 0.4) is 0 Å². The van der Waals surface area contributed by atoms with Crippen molar-refractivity contribution in [3.05, 3.63) is 27.8 Å². The van der Waals surface area contributed by atoms with Gasteiger partial charge < -0.3 is 15.4 Å². The van der Waals surface area contributed by atoms with E-state index < -0.39 is 0 Å². The zero-order valence-electron chi connectivity index (χ0n) is 10.1. The molecule has 2 N–H and O–H groups in total. The molecular weight excluding hydrogens is 343 g/mol. The van der Waals surface area contributed by atoms with Gasteiger partial charge in [0.15, 0.2) is 0 Å². The van der Waals surface area contributed by atoms with E-state index in [0.29, 0.717) is 0 Å². The molecule has 1 aromatic carbocycles. The highest BCUT2D eigenvalue weighted by atomic mass is 127. The Morgan fingerprint density at radius 3 is 2.94 bits per heavy atom. The number of hydrogen-bond acceptors (Lipinski definition) is 3.